The smallest absolute Gasteiger partial charge is 0.388 e. The fourth-order valence-electron chi connectivity index (χ4n) is 3.35. The second kappa shape index (κ2) is 8.98. The van der Waals surface area contributed by atoms with Gasteiger partial charge in [-0.05, 0) is 26.5 Å². The van der Waals surface area contributed by atoms with Gasteiger partial charge in [-0.2, -0.15) is 13.2 Å². The molecule has 0 amide bonds. The Hall–Kier alpha value is -2.36. The number of rotatable bonds is 4. The highest BCUT2D eigenvalue weighted by atomic mass is 19.4. The molecule has 2 heterocycles. The summed E-state index contributed by atoms with van der Waals surface area (Å²) in [5, 5.41) is 17.4. The largest absolute Gasteiger partial charge is 0.396 e. The van der Waals surface area contributed by atoms with E-state index in [0.29, 0.717) is 12.2 Å². The number of allylic oxidation sites excluding steroid dienone is 1. The molecule has 0 spiro atoms. The Bertz CT molecular complexity index is 708. The Morgan fingerprint density at radius 1 is 1.38 bits per heavy atom. The summed E-state index contributed by atoms with van der Waals surface area (Å²) in [4.78, 5) is 13.0. The van der Waals surface area contributed by atoms with E-state index < -0.39 is 17.7 Å². The van der Waals surface area contributed by atoms with E-state index in [2.05, 4.69) is 9.98 Å². The van der Waals surface area contributed by atoms with Crippen molar-refractivity contribution in [1.29, 1.82) is 5.41 Å². The van der Waals surface area contributed by atoms with Crippen LogP contribution in [-0.2, 0) is 0 Å². The van der Waals surface area contributed by atoms with Crippen molar-refractivity contribution in [2.24, 2.45) is 15.9 Å². The van der Waals surface area contributed by atoms with E-state index in [0.717, 1.165) is 12.8 Å². The summed E-state index contributed by atoms with van der Waals surface area (Å²) >= 11 is 0. The molecule has 2 atom stereocenters. The number of hydrogen-bond acceptors (Lipinski definition) is 3. The molecular weight excluding hydrogens is 385 g/mol. The van der Waals surface area contributed by atoms with Gasteiger partial charge in [0.15, 0.2) is 0 Å². The number of nitrogens with zero attached hydrogens (tertiary/aromatic N) is 5. The Kier molecular flexibility index (Phi) is 7.10. The van der Waals surface area contributed by atoms with Crippen LogP contribution < -0.4 is 0 Å². The van der Waals surface area contributed by atoms with E-state index in [9.17, 15) is 18.3 Å². The minimum absolute atomic E-state index is 0.0912. The summed E-state index contributed by atoms with van der Waals surface area (Å²) in [5.74, 6) is -1.52. The molecule has 1 fully saturated rings. The molecule has 0 saturated carbocycles. The van der Waals surface area contributed by atoms with Crippen LogP contribution in [0.25, 0.3) is 0 Å². The molecule has 0 aromatic carbocycles. The minimum atomic E-state index is -4.37. The van der Waals surface area contributed by atoms with Crippen LogP contribution in [0.3, 0.4) is 0 Å². The Morgan fingerprint density at radius 2 is 2.07 bits per heavy atom. The van der Waals surface area contributed by atoms with Crippen molar-refractivity contribution in [3.8, 4) is 0 Å². The van der Waals surface area contributed by atoms with Crippen LogP contribution in [-0.4, -0.2) is 83.4 Å². The van der Waals surface area contributed by atoms with Gasteiger partial charge in [0.2, 0.25) is 5.96 Å². The predicted octanol–water partition coefficient (Wildman–Crippen LogP) is 2.67. The summed E-state index contributed by atoms with van der Waals surface area (Å²) in [6.07, 6.45) is 3.66. The van der Waals surface area contributed by atoms with Crippen molar-refractivity contribution in [2.75, 3.05) is 27.2 Å². The number of alkyl halides is 3. The Labute approximate surface area is 169 Å². The van der Waals surface area contributed by atoms with Gasteiger partial charge in [-0.3, -0.25) is 5.41 Å². The van der Waals surface area contributed by atoms with E-state index in [1.54, 1.807) is 40.2 Å². The molecule has 0 aliphatic carbocycles. The number of likely N-dealkylation sites (tertiary alicyclic amines) is 1. The SMILES string of the molecule is CN1C=CC/C(N(C)C(N=CN2CCC2C(C)(C)O)=NC=N)=C\C(C(F)(F)F)C1. The van der Waals surface area contributed by atoms with E-state index >= 15 is 0 Å². The highest BCUT2D eigenvalue weighted by Crippen LogP contribution is 2.31. The summed E-state index contributed by atoms with van der Waals surface area (Å²) in [7, 11) is 3.19. The van der Waals surface area contributed by atoms with Gasteiger partial charge in [0.1, 0.15) is 6.34 Å². The van der Waals surface area contributed by atoms with E-state index in [4.69, 9.17) is 5.41 Å². The molecular formula is C19H29F3N6O. The molecule has 162 valence electrons. The average molecular weight is 414 g/mol. The van der Waals surface area contributed by atoms with E-state index in [-0.39, 0.29) is 25.0 Å². The number of halogens is 3. The molecule has 2 aliphatic rings. The molecule has 2 aliphatic heterocycles. The molecule has 2 N–H and O–H groups in total. The van der Waals surface area contributed by atoms with Gasteiger partial charge >= 0.3 is 6.18 Å². The van der Waals surface area contributed by atoms with Crippen LogP contribution in [0.5, 0.6) is 0 Å². The second-order valence-corrected chi connectivity index (χ2v) is 7.89. The highest BCUT2D eigenvalue weighted by Gasteiger charge is 2.40. The van der Waals surface area contributed by atoms with Crippen molar-refractivity contribution in [3.05, 3.63) is 24.0 Å². The lowest BCUT2D eigenvalue weighted by Gasteiger charge is -2.46. The summed E-state index contributed by atoms with van der Waals surface area (Å²) in [6, 6.07) is -0.0912. The fraction of sp³-hybridized carbons (Fsp3) is 0.632. The number of aliphatic hydroxyl groups is 1. The van der Waals surface area contributed by atoms with Gasteiger partial charge in [0.25, 0.3) is 0 Å². The topological polar surface area (TPSA) is 78.5 Å². The standard InChI is InChI=1S/C19H29F3N6O/c1-18(2,29)16-7-9-28(16)13-25-17(24-12-23)27(4)15-6-5-8-26(3)11-14(10-15)19(20,21)22/h5,8,10,12-14,16,23,29H,6-7,9,11H2,1-4H3/b8-5?,15-10+,23-12?,24-17?,25-13?. The molecule has 0 aromatic rings. The zero-order valence-corrected chi connectivity index (χ0v) is 17.2. The van der Waals surface area contributed by atoms with Crippen LogP contribution in [0, 0.1) is 11.3 Å². The van der Waals surface area contributed by atoms with Crippen LogP contribution in [0.2, 0.25) is 0 Å². The lowest BCUT2D eigenvalue weighted by Crippen LogP contribution is -2.57. The lowest BCUT2D eigenvalue weighted by atomic mass is 9.89. The zero-order valence-electron chi connectivity index (χ0n) is 17.2. The third-order valence-corrected chi connectivity index (χ3v) is 5.09. The van der Waals surface area contributed by atoms with Gasteiger partial charge in [-0.25, -0.2) is 9.98 Å². The second-order valence-electron chi connectivity index (χ2n) is 7.89. The number of nitrogens with one attached hydrogen (secondary N) is 1. The van der Waals surface area contributed by atoms with Crippen molar-refractivity contribution < 1.29 is 18.3 Å². The summed E-state index contributed by atoms with van der Waals surface area (Å²) in [6.45, 7) is 3.97. The maximum Gasteiger partial charge on any atom is 0.396 e. The third-order valence-electron chi connectivity index (χ3n) is 5.09. The third kappa shape index (κ3) is 6.06. The van der Waals surface area contributed by atoms with Gasteiger partial charge < -0.3 is 19.8 Å². The van der Waals surface area contributed by atoms with Gasteiger partial charge in [0, 0.05) is 39.3 Å². The normalized spacial score (nSPS) is 25.9. The van der Waals surface area contributed by atoms with Gasteiger partial charge in [-0.1, -0.05) is 12.2 Å². The first-order valence-corrected chi connectivity index (χ1v) is 9.40. The predicted molar refractivity (Wildman–Crippen MR) is 108 cm³/mol. The highest BCUT2D eigenvalue weighted by molar-refractivity contribution is 5.92. The maximum atomic E-state index is 13.4. The molecule has 0 bridgehead atoms. The van der Waals surface area contributed by atoms with Crippen molar-refractivity contribution in [1.82, 2.24) is 14.7 Å². The van der Waals surface area contributed by atoms with Gasteiger partial charge in [-0.15, -0.1) is 0 Å². The molecule has 1 saturated heterocycles. The zero-order chi connectivity index (χ0) is 21.8. The van der Waals surface area contributed by atoms with Crippen LogP contribution in [0.15, 0.2) is 34.0 Å². The molecule has 2 unspecified atom stereocenters. The van der Waals surface area contributed by atoms with Crippen molar-refractivity contribution >= 4 is 18.6 Å². The number of aliphatic imine (C=N–C) groups is 2. The average Bonchev–Trinajstić information content (AvgIpc) is 2.52. The van der Waals surface area contributed by atoms with Crippen molar-refractivity contribution in [2.45, 2.75) is 44.5 Å². The number of hydrogen-bond donors (Lipinski definition) is 2. The molecule has 10 heteroatoms. The van der Waals surface area contributed by atoms with E-state index in [1.807, 2.05) is 4.90 Å². The van der Waals surface area contributed by atoms with Crippen molar-refractivity contribution in [3.63, 3.8) is 0 Å². The minimum Gasteiger partial charge on any atom is -0.388 e. The molecule has 2 rings (SSSR count). The monoisotopic (exact) mass is 414 g/mol. The van der Waals surface area contributed by atoms with Crippen LogP contribution in [0.4, 0.5) is 13.2 Å². The fourth-order valence-corrected chi connectivity index (χ4v) is 3.35. The molecule has 0 aromatic heterocycles. The molecule has 7 nitrogen and oxygen atoms in total. The van der Waals surface area contributed by atoms with E-state index in [1.165, 1.54) is 22.2 Å². The first-order valence-electron chi connectivity index (χ1n) is 9.40. The Balaban J connectivity index is 2.24. The molecule has 29 heavy (non-hydrogen) atoms. The summed E-state index contributed by atoms with van der Waals surface area (Å²) < 4.78 is 40.3. The lowest BCUT2D eigenvalue weighted by molar-refractivity contribution is -0.163. The maximum absolute atomic E-state index is 13.4. The summed E-state index contributed by atoms with van der Waals surface area (Å²) in [5.41, 5.74) is -0.495. The van der Waals surface area contributed by atoms with Gasteiger partial charge in [0.05, 0.1) is 23.9 Å². The van der Waals surface area contributed by atoms with Crippen LogP contribution in [0.1, 0.15) is 26.7 Å². The quantitative estimate of drug-likeness (QED) is 0.548. The first-order chi connectivity index (χ1) is 13.4. The number of guanidine groups is 1. The molecule has 0 radical (unpaired) electrons. The van der Waals surface area contributed by atoms with Crippen LogP contribution >= 0.6 is 0 Å². The Morgan fingerprint density at radius 3 is 2.59 bits per heavy atom. The first kappa shape index (κ1) is 22.9.